The Morgan fingerprint density at radius 1 is 1.61 bits per heavy atom. The lowest BCUT2D eigenvalue weighted by molar-refractivity contribution is -0.148. The molecule has 1 aromatic heterocycles. The predicted octanol–water partition coefficient (Wildman–Crippen LogP) is -1.26. The number of aromatic nitrogens is 2. The van der Waals surface area contributed by atoms with Gasteiger partial charge in [0, 0.05) is 18.7 Å². The van der Waals surface area contributed by atoms with Gasteiger partial charge in [-0.25, -0.2) is 4.79 Å². The van der Waals surface area contributed by atoms with E-state index < -0.39 is 35.3 Å². The van der Waals surface area contributed by atoms with Gasteiger partial charge in [0.05, 0.1) is 12.2 Å². The molecule has 3 N–H and O–H groups in total. The summed E-state index contributed by atoms with van der Waals surface area (Å²) in [5, 5.41) is 19.5. The first kappa shape index (κ1) is 13.0. The van der Waals surface area contributed by atoms with E-state index in [0.29, 0.717) is 0 Å². The number of ether oxygens (including phenoxy) is 1. The Bertz CT molecular complexity index is 549. The molecule has 0 aliphatic carbocycles. The summed E-state index contributed by atoms with van der Waals surface area (Å²) in [5.74, 6) is 0. The number of H-pyrrole nitrogens is 1. The number of nitrogens with one attached hydrogen (secondary N) is 1. The molecule has 7 heteroatoms. The highest BCUT2D eigenvalue weighted by molar-refractivity contribution is 4.96. The molecular weight excluding hydrogens is 240 g/mol. The summed E-state index contributed by atoms with van der Waals surface area (Å²) in [6, 6.07) is 1.18. The second kappa shape index (κ2) is 4.34. The summed E-state index contributed by atoms with van der Waals surface area (Å²) in [4.78, 5) is 24.8. The summed E-state index contributed by atoms with van der Waals surface area (Å²) in [6.45, 7) is 3.10. The van der Waals surface area contributed by atoms with Crippen LogP contribution in [0, 0.1) is 0 Å². The molecule has 0 amide bonds. The van der Waals surface area contributed by atoms with Crippen LogP contribution in [0.15, 0.2) is 21.9 Å². The first-order valence-corrected chi connectivity index (χ1v) is 5.71. The van der Waals surface area contributed by atoms with Crippen LogP contribution in [0.4, 0.5) is 0 Å². The Morgan fingerprint density at radius 2 is 2.28 bits per heavy atom. The minimum Gasteiger partial charge on any atom is -0.391 e. The quantitative estimate of drug-likeness (QED) is 0.612. The summed E-state index contributed by atoms with van der Waals surface area (Å²) < 4.78 is 6.70. The summed E-state index contributed by atoms with van der Waals surface area (Å²) in [7, 11) is 0. The second-order valence-corrected chi connectivity index (χ2v) is 4.68. The number of rotatable bonds is 2. The van der Waals surface area contributed by atoms with Crippen molar-refractivity contribution >= 4 is 0 Å². The van der Waals surface area contributed by atoms with Crippen LogP contribution in [0.2, 0.25) is 0 Å². The van der Waals surface area contributed by atoms with Crippen molar-refractivity contribution in [3.63, 3.8) is 0 Å². The van der Waals surface area contributed by atoms with E-state index in [1.807, 2.05) is 0 Å². The van der Waals surface area contributed by atoms with Crippen molar-refractivity contribution in [1.29, 1.82) is 0 Å². The Balaban J connectivity index is 2.43. The fourth-order valence-electron chi connectivity index (χ4n) is 2.15. The van der Waals surface area contributed by atoms with Crippen LogP contribution in [0.25, 0.3) is 0 Å². The topological polar surface area (TPSA) is 105 Å². The van der Waals surface area contributed by atoms with Crippen LogP contribution in [-0.4, -0.2) is 38.1 Å². The van der Waals surface area contributed by atoms with E-state index in [1.54, 1.807) is 13.8 Å². The first-order valence-electron chi connectivity index (χ1n) is 5.71. The van der Waals surface area contributed by atoms with Crippen LogP contribution in [0.5, 0.6) is 0 Å². The SMILES string of the molecule is C[C@@H](O)[C@@H]1C[C@H](O)[C@](C)(n2ccc(=O)[nH]c2=O)O1. The summed E-state index contributed by atoms with van der Waals surface area (Å²) in [5.41, 5.74) is -2.46. The molecule has 4 atom stereocenters. The van der Waals surface area contributed by atoms with Crippen molar-refractivity contribution in [2.45, 2.75) is 44.3 Å². The molecule has 0 saturated carbocycles. The molecule has 1 aliphatic heterocycles. The Hall–Kier alpha value is -1.44. The first-order chi connectivity index (χ1) is 8.34. The van der Waals surface area contributed by atoms with Crippen molar-refractivity contribution in [3.8, 4) is 0 Å². The third-order valence-electron chi connectivity index (χ3n) is 3.30. The zero-order chi connectivity index (χ0) is 13.5. The maximum atomic E-state index is 11.7. The highest BCUT2D eigenvalue weighted by atomic mass is 16.6. The van der Waals surface area contributed by atoms with Crippen LogP contribution < -0.4 is 11.2 Å². The van der Waals surface area contributed by atoms with Crippen molar-refractivity contribution in [1.82, 2.24) is 9.55 Å². The largest absolute Gasteiger partial charge is 0.391 e. The monoisotopic (exact) mass is 256 g/mol. The third-order valence-corrected chi connectivity index (χ3v) is 3.30. The van der Waals surface area contributed by atoms with E-state index >= 15 is 0 Å². The highest BCUT2D eigenvalue weighted by Gasteiger charge is 2.47. The van der Waals surface area contributed by atoms with E-state index in [-0.39, 0.29) is 6.42 Å². The molecule has 1 fully saturated rings. The van der Waals surface area contributed by atoms with Gasteiger partial charge in [-0.1, -0.05) is 0 Å². The zero-order valence-corrected chi connectivity index (χ0v) is 10.2. The number of hydrogen-bond acceptors (Lipinski definition) is 5. The molecule has 1 aliphatic rings. The number of hydrogen-bond donors (Lipinski definition) is 3. The van der Waals surface area contributed by atoms with Gasteiger partial charge in [0.1, 0.15) is 6.10 Å². The number of aliphatic hydroxyl groups is 2. The van der Waals surface area contributed by atoms with E-state index in [9.17, 15) is 19.8 Å². The molecular formula is C11H16N2O5. The Kier molecular flexibility index (Phi) is 3.14. The maximum Gasteiger partial charge on any atom is 0.330 e. The zero-order valence-electron chi connectivity index (χ0n) is 10.2. The van der Waals surface area contributed by atoms with Crippen LogP contribution in [0.3, 0.4) is 0 Å². The van der Waals surface area contributed by atoms with Gasteiger partial charge in [-0.05, 0) is 13.8 Å². The number of nitrogens with zero attached hydrogens (tertiary/aromatic N) is 1. The fraction of sp³-hybridized carbons (Fsp3) is 0.636. The molecule has 0 aromatic carbocycles. The van der Waals surface area contributed by atoms with Crippen LogP contribution in [-0.2, 0) is 10.5 Å². The lowest BCUT2D eigenvalue weighted by Crippen LogP contribution is -2.47. The van der Waals surface area contributed by atoms with Crippen molar-refractivity contribution in [2.75, 3.05) is 0 Å². The average Bonchev–Trinajstić information content (AvgIpc) is 2.56. The normalized spacial score (nSPS) is 33.6. The summed E-state index contributed by atoms with van der Waals surface area (Å²) in [6.07, 6.45) is -0.751. The van der Waals surface area contributed by atoms with E-state index in [4.69, 9.17) is 4.74 Å². The van der Waals surface area contributed by atoms with Gasteiger partial charge in [0.2, 0.25) is 0 Å². The van der Waals surface area contributed by atoms with Gasteiger partial charge >= 0.3 is 5.69 Å². The van der Waals surface area contributed by atoms with E-state index in [0.717, 1.165) is 4.57 Å². The highest BCUT2D eigenvalue weighted by Crippen LogP contribution is 2.34. The minimum absolute atomic E-state index is 0.222. The molecule has 7 nitrogen and oxygen atoms in total. The number of aromatic amines is 1. The molecule has 2 heterocycles. The molecule has 100 valence electrons. The van der Waals surface area contributed by atoms with Gasteiger partial charge in [0.15, 0.2) is 5.72 Å². The third kappa shape index (κ3) is 2.00. The van der Waals surface area contributed by atoms with Gasteiger partial charge in [-0.2, -0.15) is 0 Å². The summed E-state index contributed by atoms with van der Waals surface area (Å²) >= 11 is 0. The molecule has 0 spiro atoms. The molecule has 1 aromatic rings. The standard InChI is InChI=1S/C11H16N2O5/c1-6(14)7-5-8(15)11(2,18-7)13-4-3-9(16)12-10(13)17/h3-4,6-8,14-15H,5H2,1-2H3,(H,12,16,17)/t6-,7+,8+,11-/m1/s1. The lowest BCUT2D eigenvalue weighted by Gasteiger charge is -2.29. The smallest absolute Gasteiger partial charge is 0.330 e. The molecule has 0 unspecified atom stereocenters. The average molecular weight is 256 g/mol. The lowest BCUT2D eigenvalue weighted by atomic mass is 10.1. The molecule has 1 saturated heterocycles. The fourth-order valence-corrected chi connectivity index (χ4v) is 2.15. The molecule has 2 rings (SSSR count). The van der Waals surface area contributed by atoms with Crippen LogP contribution in [0.1, 0.15) is 20.3 Å². The van der Waals surface area contributed by atoms with Gasteiger partial charge < -0.3 is 14.9 Å². The molecule has 0 bridgehead atoms. The molecule has 18 heavy (non-hydrogen) atoms. The van der Waals surface area contributed by atoms with Gasteiger partial charge in [-0.15, -0.1) is 0 Å². The van der Waals surface area contributed by atoms with Gasteiger partial charge in [-0.3, -0.25) is 14.3 Å². The van der Waals surface area contributed by atoms with E-state index in [2.05, 4.69) is 4.98 Å². The minimum atomic E-state index is -1.29. The predicted molar refractivity (Wildman–Crippen MR) is 62.1 cm³/mol. The second-order valence-electron chi connectivity index (χ2n) is 4.68. The van der Waals surface area contributed by atoms with E-state index in [1.165, 1.54) is 12.3 Å². The van der Waals surface area contributed by atoms with Crippen molar-refractivity contribution in [3.05, 3.63) is 33.1 Å². The van der Waals surface area contributed by atoms with Crippen LogP contribution >= 0.6 is 0 Å². The number of aliphatic hydroxyl groups excluding tert-OH is 2. The Labute approximate surface area is 103 Å². The van der Waals surface area contributed by atoms with Crippen molar-refractivity contribution in [2.24, 2.45) is 0 Å². The van der Waals surface area contributed by atoms with Crippen molar-refractivity contribution < 1.29 is 14.9 Å². The maximum absolute atomic E-state index is 11.7. The molecule has 0 radical (unpaired) electrons. The Morgan fingerprint density at radius 3 is 2.78 bits per heavy atom. The van der Waals surface area contributed by atoms with Gasteiger partial charge in [0.25, 0.3) is 5.56 Å².